The molecule has 0 aliphatic carbocycles. The summed E-state index contributed by atoms with van der Waals surface area (Å²) in [7, 11) is 0. The highest BCUT2D eigenvalue weighted by Crippen LogP contribution is 2.24. The van der Waals surface area contributed by atoms with Crippen molar-refractivity contribution in [3.8, 4) is 11.4 Å². The molecule has 3 rings (SSSR count). The van der Waals surface area contributed by atoms with Crippen LogP contribution in [0.25, 0.3) is 11.4 Å². The van der Waals surface area contributed by atoms with E-state index in [-0.39, 0.29) is 6.04 Å². The molecular formula is C19H19BrClN3O. The van der Waals surface area contributed by atoms with E-state index in [1.165, 1.54) is 5.56 Å². The van der Waals surface area contributed by atoms with Crippen molar-refractivity contribution in [3.05, 3.63) is 69.5 Å². The van der Waals surface area contributed by atoms with Gasteiger partial charge < -0.3 is 9.84 Å². The Morgan fingerprint density at radius 3 is 2.60 bits per heavy atom. The molecule has 0 saturated heterocycles. The molecule has 1 unspecified atom stereocenters. The fraction of sp³-hybridized carbons (Fsp3) is 0.263. The smallest absolute Gasteiger partial charge is 0.240 e. The fourth-order valence-electron chi connectivity index (χ4n) is 2.68. The summed E-state index contributed by atoms with van der Waals surface area (Å²) in [6.07, 6.45) is 0. The zero-order chi connectivity index (χ0) is 17.8. The van der Waals surface area contributed by atoms with Crippen molar-refractivity contribution < 1.29 is 4.52 Å². The molecule has 1 aromatic heterocycles. The predicted molar refractivity (Wildman–Crippen MR) is 103 cm³/mol. The van der Waals surface area contributed by atoms with Gasteiger partial charge in [0.05, 0.1) is 6.54 Å². The molecule has 0 radical (unpaired) electrons. The van der Waals surface area contributed by atoms with E-state index in [0.717, 1.165) is 15.1 Å². The number of hydrogen-bond donors (Lipinski definition) is 1. The Kier molecular flexibility index (Phi) is 5.89. The minimum absolute atomic E-state index is 0.179. The van der Waals surface area contributed by atoms with E-state index >= 15 is 0 Å². The molecule has 4 nitrogen and oxygen atoms in total. The van der Waals surface area contributed by atoms with Crippen LogP contribution in [-0.2, 0) is 6.54 Å². The van der Waals surface area contributed by atoms with Gasteiger partial charge in [-0.15, -0.1) is 0 Å². The van der Waals surface area contributed by atoms with E-state index < -0.39 is 0 Å². The van der Waals surface area contributed by atoms with E-state index in [9.17, 15) is 0 Å². The first-order valence-corrected chi connectivity index (χ1v) is 9.27. The molecule has 2 aromatic carbocycles. The maximum atomic E-state index is 5.98. The summed E-state index contributed by atoms with van der Waals surface area (Å²) < 4.78 is 6.37. The van der Waals surface area contributed by atoms with Gasteiger partial charge in [-0.1, -0.05) is 70.8 Å². The second-order valence-corrected chi connectivity index (χ2v) is 7.53. The van der Waals surface area contributed by atoms with Gasteiger partial charge in [0.1, 0.15) is 0 Å². The molecule has 0 aliphatic heterocycles. The zero-order valence-corrected chi connectivity index (χ0v) is 16.4. The van der Waals surface area contributed by atoms with Gasteiger partial charge >= 0.3 is 0 Å². The molecule has 0 spiro atoms. The summed E-state index contributed by atoms with van der Waals surface area (Å²) in [6.45, 7) is 4.85. The number of rotatable bonds is 6. The topological polar surface area (TPSA) is 51.0 Å². The Hall–Kier alpha value is -1.69. The first kappa shape index (κ1) is 18.1. The molecule has 25 heavy (non-hydrogen) atoms. The summed E-state index contributed by atoms with van der Waals surface area (Å²) in [5.74, 6) is 1.56. The van der Waals surface area contributed by atoms with Crippen LogP contribution >= 0.6 is 27.5 Å². The normalized spacial score (nSPS) is 12.5. The highest BCUT2D eigenvalue weighted by molar-refractivity contribution is 9.10. The van der Waals surface area contributed by atoms with Crippen LogP contribution in [0.5, 0.6) is 0 Å². The summed E-state index contributed by atoms with van der Waals surface area (Å²) in [5.41, 5.74) is 2.11. The summed E-state index contributed by atoms with van der Waals surface area (Å²) in [6, 6.07) is 15.9. The number of aromatic nitrogens is 2. The average molecular weight is 421 g/mol. The van der Waals surface area contributed by atoms with Crippen molar-refractivity contribution in [2.45, 2.75) is 26.4 Å². The second-order valence-electron chi connectivity index (χ2n) is 6.18. The van der Waals surface area contributed by atoms with Crippen molar-refractivity contribution in [2.75, 3.05) is 0 Å². The molecule has 130 valence electrons. The van der Waals surface area contributed by atoms with E-state index in [2.05, 4.69) is 45.2 Å². The molecule has 0 aliphatic rings. The lowest BCUT2D eigenvalue weighted by atomic mass is 9.96. The summed E-state index contributed by atoms with van der Waals surface area (Å²) in [4.78, 5) is 4.48. The lowest BCUT2D eigenvalue weighted by Crippen LogP contribution is -2.25. The van der Waals surface area contributed by atoms with Gasteiger partial charge in [-0.3, -0.25) is 0 Å². The molecule has 1 N–H and O–H groups in total. The SMILES string of the molecule is CC(C)C(NCc1nc(-c2cccc(Br)c2)no1)c1ccc(Cl)cc1. The Bertz CT molecular complexity index is 833. The first-order valence-electron chi connectivity index (χ1n) is 8.10. The fourth-order valence-corrected chi connectivity index (χ4v) is 3.20. The van der Waals surface area contributed by atoms with E-state index in [1.54, 1.807) is 0 Å². The number of nitrogens with one attached hydrogen (secondary N) is 1. The molecule has 1 atom stereocenters. The second kappa shape index (κ2) is 8.13. The minimum Gasteiger partial charge on any atom is -0.338 e. The molecule has 0 amide bonds. The number of hydrogen-bond acceptors (Lipinski definition) is 4. The third kappa shape index (κ3) is 4.69. The third-order valence-corrected chi connectivity index (χ3v) is 4.67. The number of benzene rings is 2. The van der Waals surface area contributed by atoms with Gasteiger partial charge in [0.25, 0.3) is 0 Å². The Morgan fingerprint density at radius 2 is 1.92 bits per heavy atom. The number of halogens is 2. The maximum absolute atomic E-state index is 5.98. The van der Waals surface area contributed by atoms with Gasteiger partial charge in [0, 0.05) is 21.1 Å². The van der Waals surface area contributed by atoms with Gasteiger partial charge in [-0.25, -0.2) is 0 Å². The minimum atomic E-state index is 0.179. The quantitative estimate of drug-likeness (QED) is 0.560. The standard InChI is InChI=1S/C19H19BrClN3O/c1-12(2)18(13-6-8-16(21)9-7-13)22-11-17-23-19(24-25-17)14-4-3-5-15(20)10-14/h3-10,12,18,22H,11H2,1-2H3. The van der Waals surface area contributed by atoms with Crippen LogP contribution in [0.15, 0.2) is 57.5 Å². The van der Waals surface area contributed by atoms with Crippen molar-refractivity contribution >= 4 is 27.5 Å². The Balaban J connectivity index is 1.70. The third-order valence-electron chi connectivity index (χ3n) is 3.92. The highest BCUT2D eigenvalue weighted by Gasteiger charge is 2.17. The lowest BCUT2D eigenvalue weighted by molar-refractivity contribution is 0.338. The molecule has 0 saturated carbocycles. The van der Waals surface area contributed by atoms with E-state index in [1.807, 2.05) is 48.5 Å². The zero-order valence-electron chi connectivity index (χ0n) is 14.0. The van der Waals surface area contributed by atoms with Crippen molar-refractivity contribution in [3.63, 3.8) is 0 Å². The van der Waals surface area contributed by atoms with Crippen molar-refractivity contribution in [1.82, 2.24) is 15.5 Å². The summed E-state index contributed by atoms with van der Waals surface area (Å²) >= 11 is 9.44. The molecule has 6 heteroatoms. The molecule has 3 aromatic rings. The van der Waals surface area contributed by atoms with Crippen molar-refractivity contribution in [1.29, 1.82) is 0 Å². The van der Waals surface area contributed by atoms with E-state index in [0.29, 0.717) is 24.2 Å². The monoisotopic (exact) mass is 419 g/mol. The molecule has 0 fully saturated rings. The van der Waals surface area contributed by atoms with E-state index in [4.69, 9.17) is 16.1 Å². The first-order chi connectivity index (χ1) is 12.0. The van der Waals surface area contributed by atoms with Crippen LogP contribution in [0.1, 0.15) is 31.3 Å². The number of nitrogens with zero attached hydrogens (tertiary/aromatic N) is 2. The van der Waals surface area contributed by atoms with Crippen LogP contribution in [0.2, 0.25) is 5.02 Å². The molecular weight excluding hydrogens is 402 g/mol. The Morgan fingerprint density at radius 1 is 1.16 bits per heavy atom. The molecule has 1 heterocycles. The maximum Gasteiger partial charge on any atom is 0.240 e. The van der Waals surface area contributed by atoms with Gasteiger partial charge in [-0.2, -0.15) is 4.98 Å². The van der Waals surface area contributed by atoms with Gasteiger partial charge in [-0.05, 0) is 35.7 Å². The molecule has 0 bridgehead atoms. The van der Waals surface area contributed by atoms with Crippen LogP contribution in [-0.4, -0.2) is 10.1 Å². The predicted octanol–water partition coefficient (Wildman–Crippen LogP) is 5.64. The highest BCUT2D eigenvalue weighted by atomic mass is 79.9. The lowest BCUT2D eigenvalue weighted by Gasteiger charge is -2.22. The largest absolute Gasteiger partial charge is 0.338 e. The van der Waals surface area contributed by atoms with Gasteiger partial charge in [0.15, 0.2) is 0 Å². The van der Waals surface area contributed by atoms with Crippen molar-refractivity contribution in [2.24, 2.45) is 5.92 Å². The average Bonchev–Trinajstić information content (AvgIpc) is 3.05. The van der Waals surface area contributed by atoms with Crippen LogP contribution < -0.4 is 5.32 Å². The van der Waals surface area contributed by atoms with Crippen LogP contribution in [0, 0.1) is 5.92 Å². The summed E-state index contributed by atoms with van der Waals surface area (Å²) in [5, 5.41) is 8.31. The van der Waals surface area contributed by atoms with Crippen LogP contribution in [0.3, 0.4) is 0 Å². The van der Waals surface area contributed by atoms with Gasteiger partial charge in [0.2, 0.25) is 11.7 Å². The van der Waals surface area contributed by atoms with Crippen LogP contribution in [0.4, 0.5) is 0 Å². The Labute approximate surface area is 160 Å².